The SMILES string of the molecule is Cl.Cn1cc([C@H]2CNC[C@@H]2C(=O)NC(C)(C)c2ccc(Br)cc2)cn1. The van der Waals surface area contributed by atoms with Crippen LogP contribution in [0.1, 0.15) is 30.9 Å². The minimum absolute atomic E-state index is 0. The van der Waals surface area contributed by atoms with Crippen molar-refractivity contribution >= 4 is 34.2 Å². The summed E-state index contributed by atoms with van der Waals surface area (Å²) >= 11 is 3.45. The molecule has 0 aliphatic carbocycles. The van der Waals surface area contributed by atoms with Gasteiger partial charge in [0.25, 0.3) is 0 Å². The van der Waals surface area contributed by atoms with Gasteiger partial charge in [0.1, 0.15) is 0 Å². The molecule has 2 aromatic rings. The number of benzene rings is 1. The first-order chi connectivity index (χ1) is 11.4. The third-order valence-electron chi connectivity index (χ3n) is 4.71. The summed E-state index contributed by atoms with van der Waals surface area (Å²) in [7, 11) is 1.90. The van der Waals surface area contributed by atoms with E-state index >= 15 is 0 Å². The van der Waals surface area contributed by atoms with E-state index in [1.54, 1.807) is 4.68 Å². The maximum absolute atomic E-state index is 12.9. The zero-order chi connectivity index (χ0) is 17.3. The van der Waals surface area contributed by atoms with Crippen LogP contribution >= 0.6 is 28.3 Å². The first-order valence-corrected chi connectivity index (χ1v) is 8.93. The van der Waals surface area contributed by atoms with Gasteiger partial charge in [-0.1, -0.05) is 28.1 Å². The predicted molar refractivity (Wildman–Crippen MR) is 105 cm³/mol. The van der Waals surface area contributed by atoms with Crippen molar-refractivity contribution in [2.45, 2.75) is 25.3 Å². The highest BCUT2D eigenvalue weighted by atomic mass is 79.9. The van der Waals surface area contributed by atoms with E-state index in [0.717, 1.165) is 22.1 Å². The second kappa shape index (κ2) is 7.89. The fourth-order valence-electron chi connectivity index (χ4n) is 3.28. The second-order valence-corrected chi connectivity index (χ2v) is 7.86. The number of amides is 1. The Morgan fingerprint density at radius 2 is 2.00 bits per heavy atom. The predicted octanol–water partition coefficient (Wildman–Crippen LogP) is 2.96. The number of hydrogen-bond donors (Lipinski definition) is 2. The van der Waals surface area contributed by atoms with Crippen molar-refractivity contribution in [2.75, 3.05) is 13.1 Å². The van der Waals surface area contributed by atoms with Crippen molar-refractivity contribution in [3.05, 3.63) is 52.3 Å². The number of carbonyl (C=O) groups is 1. The van der Waals surface area contributed by atoms with Crippen LogP contribution in [0.15, 0.2) is 41.1 Å². The van der Waals surface area contributed by atoms with Crippen LogP contribution in [-0.4, -0.2) is 28.8 Å². The fraction of sp³-hybridized carbons (Fsp3) is 0.444. The average Bonchev–Trinajstić information content (AvgIpc) is 3.15. The van der Waals surface area contributed by atoms with Gasteiger partial charge in [-0.25, -0.2) is 0 Å². The van der Waals surface area contributed by atoms with E-state index in [1.165, 1.54) is 0 Å². The van der Waals surface area contributed by atoms with E-state index in [-0.39, 0.29) is 30.2 Å². The van der Waals surface area contributed by atoms with Crippen LogP contribution in [0.3, 0.4) is 0 Å². The van der Waals surface area contributed by atoms with Gasteiger partial charge in [0.05, 0.1) is 17.7 Å². The van der Waals surface area contributed by atoms with Crippen molar-refractivity contribution in [1.82, 2.24) is 20.4 Å². The van der Waals surface area contributed by atoms with E-state index in [9.17, 15) is 4.79 Å². The second-order valence-electron chi connectivity index (χ2n) is 6.94. The minimum Gasteiger partial charge on any atom is -0.347 e. The molecular formula is C18H24BrClN4O. The molecule has 0 spiro atoms. The largest absolute Gasteiger partial charge is 0.347 e. The molecule has 7 heteroatoms. The quantitative estimate of drug-likeness (QED) is 0.789. The molecule has 5 nitrogen and oxygen atoms in total. The maximum Gasteiger partial charge on any atom is 0.225 e. The Hall–Kier alpha value is -1.37. The molecule has 25 heavy (non-hydrogen) atoms. The summed E-state index contributed by atoms with van der Waals surface area (Å²) < 4.78 is 2.82. The normalized spacial score (nSPS) is 20.2. The molecular weight excluding hydrogens is 404 g/mol. The zero-order valence-electron chi connectivity index (χ0n) is 14.6. The molecule has 2 N–H and O–H groups in total. The molecule has 1 aromatic heterocycles. The Kier molecular flexibility index (Phi) is 6.30. The van der Waals surface area contributed by atoms with Gasteiger partial charge in [0.15, 0.2) is 0 Å². The van der Waals surface area contributed by atoms with Crippen molar-refractivity contribution in [2.24, 2.45) is 13.0 Å². The third-order valence-corrected chi connectivity index (χ3v) is 5.23. The number of rotatable bonds is 4. The fourth-order valence-corrected chi connectivity index (χ4v) is 3.54. The summed E-state index contributed by atoms with van der Waals surface area (Å²) in [5.74, 6) is 0.171. The van der Waals surface area contributed by atoms with Crippen molar-refractivity contribution in [1.29, 1.82) is 0 Å². The average molecular weight is 428 g/mol. The van der Waals surface area contributed by atoms with Gasteiger partial charge in [-0.3, -0.25) is 9.48 Å². The van der Waals surface area contributed by atoms with Crippen molar-refractivity contribution in [3.63, 3.8) is 0 Å². The lowest BCUT2D eigenvalue weighted by Crippen LogP contribution is -2.45. The van der Waals surface area contributed by atoms with Crippen LogP contribution in [0, 0.1) is 5.92 Å². The molecule has 1 fully saturated rings. The molecule has 1 saturated heterocycles. The van der Waals surface area contributed by atoms with E-state index in [4.69, 9.17) is 0 Å². The summed E-state index contributed by atoms with van der Waals surface area (Å²) in [5, 5.41) is 10.8. The lowest BCUT2D eigenvalue weighted by atomic mass is 9.88. The van der Waals surface area contributed by atoms with Crippen molar-refractivity contribution < 1.29 is 4.79 Å². The molecule has 0 saturated carbocycles. The summed E-state index contributed by atoms with van der Waals surface area (Å²) in [6, 6.07) is 8.07. The topological polar surface area (TPSA) is 59.0 Å². The van der Waals surface area contributed by atoms with Gasteiger partial charge in [0, 0.05) is 36.7 Å². The van der Waals surface area contributed by atoms with Crippen LogP contribution in [0.25, 0.3) is 0 Å². The number of nitrogens with one attached hydrogen (secondary N) is 2. The highest BCUT2D eigenvalue weighted by molar-refractivity contribution is 9.10. The van der Waals surface area contributed by atoms with Gasteiger partial charge in [0.2, 0.25) is 5.91 Å². The smallest absolute Gasteiger partial charge is 0.225 e. The van der Waals surface area contributed by atoms with E-state index in [2.05, 4.69) is 31.7 Å². The first-order valence-electron chi connectivity index (χ1n) is 8.14. The molecule has 2 heterocycles. The van der Waals surface area contributed by atoms with Crippen LogP contribution in [0.4, 0.5) is 0 Å². The molecule has 136 valence electrons. The number of nitrogens with zero attached hydrogens (tertiary/aromatic N) is 2. The molecule has 2 atom stereocenters. The van der Waals surface area contributed by atoms with E-state index in [1.807, 2.05) is 57.6 Å². The number of hydrogen-bond acceptors (Lipinski definition) is 3. The third kappa shape index (κ3) is 4.43. The van der Waals surface area contributed by atoms with Crippen LogP contribution in [-0.2, 0) is 17.4 Å². The van der Waals surface area contributed by atoms with Gasteiger partial charge in [-0.2, -0.15) is 5.10 Å². The Balaban J connectivity index is 0.00000225. The van der Waals surface area contributed by atoms with Gasteiger partial charge < -0.3 is 10.6 Å². The van der Waals surface area contributed by atoms with Crippen molar-refractivity contribution in [3.8, 4) is 0 Å². The Labute approximate surface area is 163 Å². The van der Waals surface area contributed by atoms with Gasteiger partial charge in [-0.15, -0.1) is 12.4 Å². The number of aryl methyl sites for hydroxylation is 1. The number of carbonyl (C=O) groups excluding carboxylic acids is 1. The molecule has 1 aromatic carbocycles. The molecule has 1 amide bonds. The van der Waals surface area contributed by atoms with Gasteiger partial charge >= 0.3 is 0 Å². The summed E-state index contributed by atoms with van der Waals surface area (Å²) in [4.78, 5) is 12.9. The molecule has 1 aliphatic heterocycles. The molecule has 1 aliphatic rings. The minimum atomic E-state index is -0.417. The number of aromatic nitrogens is 2. The summed E-state index contributed by atoms with van der Waals surface area (Å²) in [6.07, 6.45) is 3.86. The first kappa shape index (κ1) is 19.9. The highest BCUT2D eigenvalue weighted by Gasteiger charge is 2.37. The maximum atomic E-state index is 12.9. The van der Waals surface area contributed by atoms with E-state index in [0.29, 0.717) is 6.54 Å². The Bertz CT molecular complexity index is 729. The monoisotopic (exact) mass is 426 g/mol. The summed E-state index contributed by atoms with van der Waals surface area (Å²) in [5.41, 5.74) is 1.78. The van der Waals surface area contributed by atoms with Crippen LogP contribution in [0.5, 0.6) is 0 Å². The lowest BCUT2D eigenvalue weighted by molar-refractivity contribution is -0.126. The van der Waals surface area contributed by atoms with E-state index < -0.39 is 5.54 Å². The van der Waals surface area contributed by atoms with Crippen LogP contribution in [0.2, 0.25) is 0 Å². The Morgan fingerprint density at radius 3 is 2.60 bits per heavy atom. The number of halogens is 2. The summed E-state index contributed by atoms with van der Waals surface area (Å²) in [6.45, 7) is 5.58. The molecule has 3 rings (SSSR count). The standard InChI is InChI=1S/C18H23BrN4O.ClH/c1-18(2,13-4-6-14(19)7-5-13)22-17(24)16-10-20-9-15(16)12-8-21-23(3)11-12;/h4-8,11,15-16,20H,9-10H2,1-3H3,(H,22,24);1H/t15-,16+;/m1./s1. The molecule has 0 unspecified atom stereocenters. The lowest BCUT2D eigenvalue weighted by Gasteiger charge is -2.29. The molecule has 0 radical (unpaired) electrons. The highest BCUT2D eigenvalue weighted by Crippen LogP contribution is 2.30. The zero-order valence-corrected chi connectivity index (χ0v) is 17.0. The van der Waals surface area contributed by atoms with Gasteiger partial charge in [-0.05, 0) is 37.1 Å². The molecule has 0 bridgehead atoms. The Morgan fingerprint density at radius 1 is 1.32 bits per heavy atom. The van der Waals surface area contributed by atoms with Crippen LogP contribution < -0.4 is 10.6 Å².